The lowest BCUT2D eigenvalue weighted by Crippen LogP contribution is -2.01. The van der Waals surface area contributed by atoms with E-state index < -0.39 is 0 Å². The monoisotopic (exact) mass is 267 g/mol. The van der Waals surface area contributed by atoms with E-state index in [0.717, 1.165) is 10.8 Å². The smallest absolute Gasteiger partial charge is 0.337 e. The zero-order chi connectivity index (χ0) is 12.4. The van der Waals surface area contributed by atoms with E-state index >= 15 is 0 Å². The first-order valence-corrected chi connectivity index (χ1v) is 5.12. The SMILES string of the molecule is COC(=O)c1ccc2c(N)c(OC)ccc2c1.Cl. The fourth-order valence-electron chi connectivity index (χ4n) is 1.76. The van der Waals surface area contributed by atoms with Gasteiger partial charge < -0.3 is 15.2 Å². The Morgan fingerprint density at radius 3 is 2.50 bits per heavy atom. The van der Waals surface area contributed by atoms with Crippen LogP contribution in [-0.2, 0) is 4.74 Å². The van der Waals surface area contributed by atoms with Crippen molar-refractivity contribution >= 4 is 34.8 Å². The van der Waals surface area contributed by atoms with Crippen LogP contribution < -0.4 is 10.5 Å². The van der Waals surface area contributed by atoms with Crippen LogP contribution in [0.25, 0.3) is 10.8 Å². The van der Waals surface area contributed by atoms with Crippen molar-refractivity contribution in [2.75, 3.05) is 20.0 Å². The molecule has 2 rings (SSSR count). The zero-order valence-corrected chi connectivity index (χ0v) is 10.9. The quantitative estimate of drug-likeness (QED) is 0.671. The molecule has 96 valence electrons. The number of esters is 1. The van der Waals surface area contributed by atoms with Crippen LogP contribution >= 0.6 is 12.4 Å². The average molecular weight is 268 g/mol. The summed E-state index contributed by atoms with van der Waals surface area (Å²) < 4.78 is 9.80. The molecule has 2 aromatic carbocycles. The topological polar surface area (TPSA) is 61.5 Å². The van der Waals surface area contributed by atoms with Gasteiger partial charge in [-0.25, -0.2) is 4.79 Å². The molecule has 0 heterocycles. The van der Waals surface area contributed by atoms with Gasteiger partial charge in [0.15, 0.2) is 0 Å². The number of nitrogens with two attached hydrogens (primary N) is 1. The van der Waals surface area contributed by atoms with Crippen LogP contribution in [0, 0.1) is 0 Å². The van der Waals surface area contributed by atoms with Gasteiger partial charge in [0.05, 0.1) is 25.5 Å². The Morgan fingerprint density at radius 1 is 1.17 bits per heavy atom. The molecule has 5 heteroatoms. The molecule has 0 saturated heterocycles. The summed E-state index contributed by atoms with van der Waals surface area (Å²) in [5.74, 6) is 0.268. The van der Waals surface area contributed by atoms with E-state index in [1.807, 2.05) is 6.07 Å². The Kier molecular flexibility index (Phi) is 4.39. The van der Waals surface area contributed by atoms with E-state index in [1.165, 1.54) is 7.11 Å². The molecule has 0 radical (unpaired) electrons. The summed E-state index contributed by atoms with van der Waals surface area (Å²) in [6, 6.07) is 8.86. The number of benzene rings is 2. The summed E-state index contributed by atoms with van der Waals surface area (Å²) in [4.78, 5) is 11.4. The van der Waals surface area contributed by atoms with Gasteiger partial charge in [0, 0.05) is 5.39 Å². The first-order chi connectivity index (χ1) is 8.17. The number of carbonyl (C=O) groups is 1. The van der Waals surface area contributed by atoms with Crippen molar-refractivity contribution in [1.82, 2.24) is 0 Å². The van der Waals surface area contributed by atoms with Gasteiger partial charge in [0.2, 0.25) is 0 Å². The summed E-state index contributed by atoms with van der Waals surface area (Å²) in [5, 5.41) is 1.74. The summed E-state index contributed by atoms with van der Waals surface area (Å²) in [6.45, 7) is 0. The molecule has 0 aliphatic carbocycles. The molecule has 0 fully saturated rings. The number of halogens is 1. The lowest BCUT2D eigenvalue weighted by molar-refractivity contribution is 0.0601. The number of fused-ring (bicyclic) bond motifs is 1. The molecule has 18 heavy (non-hydrogen) atoms. The van der Waals surface area contributed by atoms with E-state index in [9.17, 15) is 4.79 Å². The molecular formula is C13H14ClNO3. The molecule has 0 aromatic heterocycles. The van der Waals surface area contributed by atoms with Crippen molar-refractivity contribution in [2.45, 2.75) is 0 Å². The third kappa shape index (κ3) is 2.33. The Labute approximate surface area is 111 Å². The first kappa shape index (κ1) is 14.1. The predicted molar refractivity (Wildman–Crippen MR) is 73.5 cm³/mol. The van der Waals surface area contributed by atoms with Crippen LogP contribution in [0.1, 0.15) is 10.4 Å². The van der Waals surface area contributed by atoms with Gasteiger partial charge in [-0.2, -0.15) is 0 Å². The highest BCUT2D eigenvalue weighted by molar-refractivity contribution is 6.00. The van der Waals surface area contributed by atoms with Gasteiger partial charge in [0.25, 0.3) is 0 Å². The molecule has 2 N–H and O–H groups in total. The highest BCUT2D eigenvalue weighted by Crippen LogP contribution is 2.30. The van der Waals surface area contributed by atoms with Gasteiger partial charge in [-0.1, -0.05) is 12.1 Å². The molecule has 0 amide bonds. The second-order valence-electron chi connectivity index (χ2n) is 3.61. The van der Waals surface area contributed by atoms with E-state index in [4.69, 9.17) is 10.5 Å². The lowest BCUT2D eigenvalue weighted by Gasteiger charge is -2.08. The molecular weight excluding hydrogens is 254 g/mol. The minimum atomic E-state index is -0.360. The van der Waals surface area contributed by atoms with E-state index in [1.54, 1.807) is 31.4 Å². The standard InChI is InChI=1S/C13H13NO3.ClH/c1-16-11-6-4-8-7-9(13(15)17-2)3-5-10(8)12(11)14;/h3-7H,14H2,1-2H3;1H. The number of methoxy groups -OCH3 is 2. The third-order valence-corrected chi connectivity index (χ3v) is 2.66. The maximum absolute atomic E-state index is 11.4. The van der Waals surface area contributed by atoms with E-state index in [0.29, 0.717) is 17.0 Å². The van der Waals surface area contributed by atoms with Gasteiger partial charge in [-0.15, -0.1) is 12.4 Å². The molecule has 0 saturated carbocycles. The number of rotatable bonds is 2. The normalized spacial score (nSPS) is 9.67. The van der Waals surface area contributed by atoms with Crippen LogP contribution in [0.2, 0.25) is 0 Å². The molecule has 0 bridgehead atoms. The van der Waals surface area contributed by atoms with Gasteiger partial charge >= 0.3 is 5.97 Å². The minimum absolute atomic E-state index is 0. The number of nitrogen functional groups attached to an aromatic ring is 1. The van der Waals surface area contributed by atoms with Crippen LogP contribution in [0.3, 0.4) is 0 Å². The fraction of sp³-hybridized carbons (Fsp3) is 0.154. The van der Waals surface area contributed by atoms with Gasteiger partial charge in [-0.3, -0.25) is 0 Å². The molecule has 0 spiro atoms. The number of hydrogen-bond acceptors (Lipinski definition) is 4. The minimum Gasteiger partial charge on any atom is -0.495 e. The lowest BCUT2D eigenvalue weighted by atomic mass is 10.0. The Hall–Kier alpha value is -1.94. The third-order valence-electron chi connectivity index (χ3n) is 2.66. The van der Waals surface area contributed by atoms with Crippen LogP contribution in [0.5, 0.6) is 5.75 Å². The van der Waals surface area contributed by atoms with Gasteiger partial charge in [0.1, 0.15) is 5.75 Å². The summed E-state index contributed by atoms with van der Waals surface area (Å²) in [7, 11) is 2.93. The Balaban J connectivity index is 0.00000162. The zero-order valence-electron chi connectivity index (χ0n) is 10.1. The van der Waals surface area contributed by atoms with Crippen molar-refractivity contribution in [3.8, 4) is 5.75 Å². The summed E-state index contributed by atoms with van der Waals surface area (Å²) >= 11 is 0. The number of hydrogen-bond donors (Lipinski definition) is 1. The molecule has 0 unspecified atom stereocenters. The Bertz CT molecular complexity index is 584. The summed E-state index contributed by atoms with van der Waals surface area (Å²) in [6.07, 6.45) is 0. The molecule has 2 aromatic rings. The number of ether oxygens (including phenoxy) is 2. The van der Waals surface area contributed by atoms with E-state index in [2.05, 4.69) is 4.74 Å². The maximum atomic E-state index is 11.4. The molecule has 0 atom stereocenters. The van der Waals surface area contributed by atoms with Crippen molar-refractivity contribution in [2.24, 2.45) is 0 Å². The highest BCUT2D eigenvalue weighted by atomic mass is 35.5. The van der Waals surface area contributed by atoms with Crippen LogP contribution in [0.4, 0.5) is 5.69 Å². The second kappa shape index (κ2) is 5.60. The highest BCUT2D eigenvalue weighted by Gasteiger charge is 2.09. The van der Waals surface area contributed by atoms with Crippen molar-refractivity contribution in [3.05, 3.63) is 35.9 Å². The van der Waals surface area contributed by atoms with Crippen LogP contribution in [0.15, 0.2) is 30.3 Å². The van der Waals surface area contributed by atoms with Crippen molar-refractivity contribution < 1.29 is 14.3 Å². The fourth-order valence-corrected chi connectivity index (χ4v) is 1.76. The molecule has 0 aliphatic rings. The molecule has 4 nitrogen and oxygen atoms in total. The van der Waals surface area contributed by atoms with Crippen molar-refractivity contribution in [3.63, 3.8) is 0 Å². The van der Waals surface area contributed by atoms with Crippen LogP contribution in [-0.4, -0.2) is 20.2 Å². The molecule has 0 aliphatic heterocycles. The second-order valence-corrected chi connectivity index (χ2v) is 3.61. The average Bonchev–Trinajstić information content (AvgIpc) is 2.38. The van der Waals surface area contributed by atoms with Gasteiger partial charge in [-0.05, 0) is 23.6 Å². The van der Waals surface area contributed by atoms with E-state index in [-0.39, 0.29) is 18.4 Å². The van der Waals surface area contributed by atoms with Crippen molar-refractivity contribution in [1.29, 1.82) is 0 Å². The first-order valence-electron chi connectivity index (χ1n) is 5.12. The number of anilines is 1. The maximum Gasteiger partial charge on any atom is 0.337 e. The summed E-state index contributed by atoms with van der Waals surface area (Å²) in [5.41, 5.74) is 7.02. The number of carbonyl (C=O) groups excluding carboxylic acids is 1. The Morgan fingerprint density at radius 2 is 1.89 bits per heavy atom. The predicted octanol–water partition coefficient (Wildman–Crippen LogP) is 2.64. The largest absolute Gasteiger partial charge is 0.495 e.